The summed E-state index contributed by atoms with van der Waals surface area (Å²) in [6, 6.07) is 18.5. The van der Waals surface area contributed by atoms with Gasteiger partial charge in [-0.2, -0.15) is 0 Å². The molecule has 0 spiro atoms. The van der Waals surface area contributed by atoms with Crippen LogP contribution in [0.5, 0.6) is 11.5 Å². The zero-order chi connectivity index (χ0) is 25.1. The van der Waals surface area contributed by atoms with Crippen LogP contribution in [-0.2, 0) is 11.4 Å². The molecule has 3 aromatic rings. The van der Waals surface area contributed by atoms with Crippen LogP contribution >= 0.6 is 27.7 Å². The van der Waals surface area contributed by atoms with E-state index in [2.05, 4.69) is 51.3 Å². The second kappa shape index (κ2) is 10.9. The lowest BCUT2D eigenvalue weighted by atomic mass is 10.1. The molecule has 0 unspecified atom stereocenters. The van der Waals surface area contributed by atoms with E-state index in [1.165, 1.54) is 22.5 Å². The SMILES string of the molecule is COc1cc(/C=C2/SC(=NC(C)C)N(C(C)C)C2=O)cc(Br)c1OCc1ccc2ccccc2c1. The summed E-state index contributed by atoms with van der Waals surface area (Å²) in [5.74, 6) is 1.19. The zero-order valence-electron chi connectivity index (χ0n) is 20.5. The smallest absolute Gasteiger partial charge is 0.266 e. The van der Waals surface area contributed by atoms with Crippen LogP contribution in [0, 0.1) is 0 Å². The fourth-order valence-corrected chi connectivity index (χ4v) is 5.66. The van der Waals surface area contributed by atoms with Crippen molar-refractivity contribution < 1.29 is 14.3 Å². The summed E-state index contributed by atoms with van der Waals surface area (Å²) in [4.78, 5) is 20.1. The molecule has 0 aliphatic carbocycles. The van der Waals surface area contributed by atoms with Gasteiger partial charge >= 0.3 is 0 Å². The molecule has 4 rings (SSSR count). The fourth-order valence-electron chi connectivity index (χ4n) is 3.85. The van der Waals surface area contributed by atoms with E-state index in [0.29, 0.717) is 23.0 Å². The number of aliphatic imine (C=N–C) groups is 1. The molecule has 1 amide bonds. The first-order valence-corrected chi connectivity index (χ1v) is 13.2. The molecule has 0 bridgehead atoms. The Hall–Kier alpha value is -2.77. The molecule has 5 nitrogen and oxygen atoms in total. The number of benzene rings is 3. The molecular weight excluding hydrogens is 524 g/mol. The van der Waals surface area contributed by atoms with Gasteiger partial charge < -0.3 is 9.47 Å². The Balaban J connectivity index is 1.58. The topological polar surface area (TPSA) is 51.1 Å². The van der Waals surface area contributed by atoms with Gasteiger partial charge in [-0.05, 0) is 102 Å². The molecule has 7 heteroatoms. The van der Waals surface area contributed by atoms with Gasteiger partial charge in [0.05, 0.1) is 16.5 Å². The number of nitrogens with zero attached hydrogens (tertiary/aromatic N) is 2. The maximum Gasteiger partial charge on any atom is 0.266 e. The summed E-state index contributed by atoms with van der Waals surface area (Å²) < 4.78 is 12.6. The summed E-state index contributed by atoms with van der Waals surface area (Å²) in [6.07, 6.45) is 1.88. The highest BCUT2D eigenvalue weighted by atomic mass is 79.9. The van der Waals surface area contributed by atoms with Gasteiger partial charge in [0.25, 0.3) is 5.91 Å². The molecule has 1 fully saturated rings. The Morgan fingerprint density at radius 1 is 1.06 bits per heavy atom. The van der Waals surface area contributed by atoms with Crippen molar-refractivity contribution in [2.24, 2.45) is 4.99 Å². The maximum atomic E-state index is 13.1. The number of halogens is 1. The third-order valence-electron chi connectivity index (χ3n) is 5.47. The van der Waals surface area contributed by atoms with E-state index in [9.17, 15) is 4.79 Å². The van der Waals surface area contributed by atoms with E-state index < -0.39 is 0 Å². The van der Waals surface area contributed by atoms with Crippen molar-refractivity contribution in [2.45, 2.75) is 46.4 Å². The van der Waals surface area contributed by atoms with Crippen LogP contribution in [0.15, 0.2) is 69.0 Å². The summed E-state index contributed by atoms with van der Waals surface area (Å²) >= 11 is 5.05. The molecule has 3 aromatic carbocycles. The Morgan fingerprint density at radius 3 is 2.49 bits per heavy atom. The first-order chi connectivity index (χ1) is 16.8. The van der Waals surface area contributed by atoms with Gasteiger partial charge in [-0.3, -0.25) is 14.7 Å². The maximum absolute atomic E-state index is 13.1. The molecule has 182 valence electrons. The number of methoxy groups -OCH3 is 1. The monoisotopic (exact) mass is 552 g/mol. The number of amides is 1. The first-order valence-electron chi connectivity index (χ1n) is 11.6. The van der Waals surface area contributed by atoms with E-state index in [4.69, 9.17) is 9.47 Å². The van der Waals surface area contributed by atoms with Gasteiger partial charge in [-0.25, -0.2) is 0 Å². The highest BCUT2D eigenvalue weighted by Crippen LogP contribution is 2.40. The molecule has 0 radical (unpaired) electrons. The Morgan fingerprint density at radius 2 is 1.80 bits per heavy atom. The predicted octanol–water partition coefficient (Wildman–Crippen LogP) is 7.28. The highest BCUT2D eigenvalue weighted by Gasteiger charge is 2.35. The van der Waals surface area contributed by atoms with Crippen molar-refractivity contribution in [3.63, 3.8) is 0 Å². The van der Waals surface area contributed by atoms with Crippen LogP contribution in [0.1, 0.15) is 38.8 Å². The van der Waals surface area contributed by atoms with Gasteiger partial charge in [0.2, 0.25) is 0 Å². The van der Waals surface area contributed by atoms with Crippen LogP contribution in [0.3, 0.4) is 0 Å². The molecule has 0 aromatic heterocycles. The third kappa shape index (κ3) is 5.73. The second-order valence-corrected chi connectivity index (χ2v) is 10.8. The van der Waals surface area contributed by atoms with Crippen molar-refractivity contribution in [2.75, 3.05) is 7.11 Å². The van der Waals surface area contributed by atoms with Crippen LogP contribution in [0.25, 0.3) is 16.8 Å². The van der Waals surface area contributed by atoms with Crippen molar-refractivity contribution >= 4 is 55.6 Å². The number of thioether (sulfide) groups is 1. The molecule has 1 aliphatic rings. The summed E-state index contributed by atoms with van der Waals surface area (Å²) in [7, 11) is 1.62. The summed E-state index contributed by atoms with van der Waals surface area (Å²) in [5.41, 5.74) is 1.92. The van der Waals surface area contributed by atoms with Gasteiger partial charge in [0, 0.05) is 12.1 Å². The molecular formula is C28H29BrN2O3S. The lowest BCUT2D eigenvalue weighted by Gasteiger charge is -2.20. The lowest BCUT2D eigenvalue weighted by molar-refractivity contribution is -0.123. The van der Waals surface area contributed by atoms with Crippen molar-refractivity contribution in [3.05, 3.63) is 75.1 Å². The van der Waals surface area contributed by atoms with Crippen LogP contribution in [-0.4, -0.2) is 35.2 Å². The minimum absolute atomic E-state index is 0.0314. The normalized spacial score (nSPS) is 16.3. The number of carbonyl (C=O) groups is 1. The standard InChI is InChI=1S/C28H29BrN2O3S/c1-17(2)30-28-31(18(3)4)27(32)25(35-28)15-20-13-23(29)26(24(14-20)33-5)34-16-19-10-11-21-8-6-7-9-22(21)12-19/h6-15,17-18H,16H2,1-5H3/b25-15+,30-28?. The van der Waals surface area contributed by atoms with Gasteiger partial charge in [0.1, 0.15) is 6.61 Å². The first kappa shape index (κ1) is 25.3. The quantitative estimate of drug-likeness (QED) is 0.289. The number of ether oxygens (including phenoxy) is 2. The highest BCUT2D eigenvalue weighted by molar-refractivity contribution is 9.10. The molecule has 1 heterocycles. The van der Waals surface area contributed by atoms with E-state index >= 15 is 0 Å². The zero-order valence-corrected chi connectivity index (χ0v) is 22.9. The Kier molecular flexibility index (Phi) is 7.87. The number of rotatable bonds is 7. The van der Waals surface area contributed by atoms with E-state index in [-0.39, 0.29) is 18.0 Å². The van der Waals surface area contributed by atoms with E-state index in [0.717, 1.165) is 20.8 Å². The van der Waals surface area contributed by atoms with Gasteiger partial charge in [-0.1, -0.05) is 36.4 Å². The van der Waals surface area contributed by atoms with Crippen LogP contribution in [0.2, 0.25) is 0 Å². The molecule has 1 aliphatic heterocycles. The Bertz CT molecular complexity index is 1320. The van der Waals surface area contributed by atoms with Crippen molar-refractivity contribution in [3.8, 4) is 11.5 Å². The number of fused-ring (bicyclic) bond motifs is 1. The average Bonchev–Trinajstić information content (AvgIpc) is 3.11. The van der Waals surface area contributed by atoms with E-state index in [1.807, 2.05) is 58.0 Å². The second-order valence-electron chi connectivity index (χ2n) is 8.89. The third-order valence-corrected chi connectivity index (χ3v) is 7.05. The molecule has 0 saturated carbocycles. The van der Waals surface area contributed by atoms with Crippen molar-refractivity contribution in [1.29, 1.82) is 0 Å². The largest absolute Gasteiger partial charge is 0.493 e. The minimum Gasteiger partial charge on any atom is -0.493 e. The molecule has 0 atom stereocenters. The van der Waals surface area contributed by atoms with Crippen molar-refractivity contribution in [1.82, 2.24) is 4.90 Å². The molecule has 35 heavy (non-hydrogen) atoms. The van der Waals surface area contributed by atoms with Crippen LogP contribution < -0.4 is 9.47 Å². The number of carbonyl (C=O) groups excluding carboxylic acids is 1. The minimum atomic E-state index is -0.0314. The van der Waals surface area contributed by atoms with E-state index in [1.54, 1.807) is 12.0 Å². The lowest BCUT2D eigenvalue weighted by Crippen LogP contribution is -2.35. The van der Waals surface area contributed by atoms with Gasteiger partial charge in [-0.15, -0.1) is 0 Å². The number of hydrogen-bond donors (Lipinski definition) is 0. The summed E-state index contributed by atoms with van der Waals surface area (Å²) in [5, 5.41) is 3.12. The predicted molar refractivity (Wildman–Crippen MR) is 149 cm³/mol. The number of hydrogen-bond acceptors (Lipinski definition) is 5. The average molecular weight is 554 g/mol. The molecule has 0 N–H and O–H groups in total. The Labute approximate surface area is 219 Å². The summed E-state index contributed by atoms with van der Waals surface area (Å²) in [6.45, 7) is 8.43. The fraction of sp³-hybridized carbons (Fsp3) is 0.286. The number of amidine groups is 1. The van der Waals surface area contributed by atoms with Gasteiger partial charge in [0.15, 0.2) is 16.7 Å². The van der Waals surface area contributed by atoms with Crippen LogP contribution in [0.4, 0.5) is 0 Å². The molecule has 1 saturated heterocycles.